The number of aryl methyl sites for hydroxylation is 3. The van der Waals surface area contributed by atoms with Crippen molar-refractivity contribution in [1.82, 2.24) is 14.5 Å². The Balaban J connectivity index is 2.13. The Hall–Kier alpha value is -1.58. The molecule has 0 saturated heterocycles. The van der Waals surface area contributed by atoms with Gasteiger partial charge in [-0.1, -0.05) is 12.8 Å². The van der Waals surface area contributed by atoms with Gasteiger partial charge in [0.15, 0.2) is 0 Å². The monoisotopic (exact) mass is 244 g/mol. The molecule has 2 aromatic rings. The van der Waals surface area contributed by atoms with Crippen molar-refractivity contribution in [2.75, 3.05) is 5.73 Å². The number of nitrogens with zero attached hydrogens (tertiary/aromatic N) is 3. The maximum absolute atomic E-state index is 6.04. The molecule has 1 aliphatic rings. The van der Waals surface area contributed by atoms with Gasteiger partial charge in [-0.05, 0) is 38.7 Å². The van der Waals surface area contributed by atoms with Crippen LogP contribution in [-0.4, -0.2) is 14.5 Å². The second kappa shape index (κ2) is 3.97. The fourth-order valence-electron chi connectivity index (χ4n) is 2.67. The fourth-order valence-corrected chi connectivity index (χ4v) is 2.67. The van der Waals surface area contributed by atoms with Crippen LogP contribution in [0.25, 0.3) is 11.0 Å². The molecular formula is C14H20N4. The zero-order valence-electron chi connectivity index (χ0n) is 11.3. The minimum absolute atomic E-state index is 0.614. The number of anilines is 1. The largest absolute Gasteiger partial charge is 0.383 e. The quantitative estimate of drug-likeness (QED) is 0.903. The van der Waals surface area contributed by atoms with E-state index in [9.17, 15) is 0 Å². The normalized spacial score (nSPS) is 15.5. The fraction of sp³-hybridized carbons (Fsp3) is 0.571. The average molecular weight is 244 g/mol. The van der Waals surface area contributed by atoms with E-state index in [2.05, 4.69) is 28.4 Å². The average Bonchev–Trinajstić information content (AvgIpc) is 3.08. The number of rotatable bonds is 3. The molecule has 2 heterocycles. The summed E-state index contributed by atoms with van der Waals surface area (Å²) >= 11 is 0. The standard InChI is InChI=1S/C14H20N4/c1-8-9(2)18(7-6-11-4-5-11)14-12(8)13(15)16-10(3)17-14/h11H,4-7H2,1-3H3,(H2,15,16,17). The highest BCUT2D eigenvalue weighted by molar-refractivity contribution is 5.91. The van der Waals surface area contributed by atoms with Crippen LogP contribution in [0.5, 0.6) is 0 Å². The first-order valence-electron chi connectivity index (χ1n) is 6.67. The van der Waals surface area contributed by atoms with Crippen molar-refractivity contribution in [3.63, 3.8) is 0 Å². The third-order valence-corrected chi connectivity index (χ3v) is 4.07. The molecule has 96 valence electrons. The zero-order valence-corrected chi connectivity index (χ0v) is 11.3. The van der Waals surface area contributed by atoms with Gasteiger partial charge in [0, 0.05) is 12.2 Å². The van der Waals surface area contributed by atoms with Crippen LogP contribution in [0.15, 0.2) is 0 Å². The van der Waals surface area contributed by atoms with E-state index >= 15 is 0 Å². The first-order chi connectivity index (χ1) is 8.58. The van der Waals surface area contributed by atoms with E-state index in [4.69, 9.17) is 5.73 Å². The summed E-state index contributed by atoms with van der Waals surface area (Å²) in [5, 5.41) is 1.04. The molecule has 0 unspecified atom stereocenters. The zero-order chi connectivity index (χ0) is 12.9. The van der Waals surface area contributed by atoms with Gasteiger partial charge in [-0.15, -0.1) is 0 Å². The van der Waals surface area contributed by atoms with Crippen LogP contribution in [0.4, 0.5) is 5.82 Å². The van der Waals surface area contributed by atoms with E-state index in [-0.39, 0.29) is 0 Å². The Bertz CT molecular complexity index is 608. The summed E-state index contributed by atoms with van der Waals surface area (Å²) in [6.07, 6.45) is 4.05. The Kier molecular flexibility index (Phi) is 2.54. The van der Waals surface area contributed by atoms with E-state index in [0.717, 1.165) is 29.3 Å². The van der Waals surface area contributed by atoms with Crippen LogP contribution in [0.3, 0.4) is 0 Å². The van der Waals surface area contributed by atoms with E-state index in [1.54, 1.807) is 0 Å². The maximum Gasteiger partial charge on any atom is 0.146 e. The van der Waals surface area contributed by atoms with E-state index < -0.39 is 0 Å². The number of hydrogen-bond donors (Lipinski definition) is 1. The number of hydrogen-bond acceptors (Lipinski definition) is 3. The SMILES string of the molecule is Cc1nc(N)c2c(C)c(C)n(CCC3CC3)c2n1. The topological polar surface area (TPSA) is 56.7 Å². The van der Waals surface area contributed by atoms with Crippen molar-refractivity contribution in [3.05, 3.63) is 17.1 Å². The predicted octanol–water partition coefficient (Wildman–Crippen LogP) is 2.74. The lowest BCUT2D eigenvalue weighted by Crippen LogP contribution is -2.04. The molecule has 0 amide bonds. The highest BCUT2D eigenvalue weighted by atomic mass is 15.1. The van der Waals surface area contributed by atoms with Gasteiger partial charge in [0.05, 0.1) is 5.39 Å². The summed E-state index contributed by atoms with van der Waals surface area (Å²) in [5.41, 5.74) is 9.55. The number of nitrogens with two attached hydrogens (primary N) is 1. The lowest BCUT2D eigenvalue weighted by molar-refractivity contribution is 0.597. The minimum atomic E-state index is 0.614. The van der Waals surface area contributed by atoms with Crippen molar-refractivity contribution in [2.24, 2.45) is 5.92 Å². The van der Waals surface area contributed by atoms with Crippen molar-refractivity contribution in [3.8, 4) is 0 Å². The highest BCUT2D eigenvalue weighted by Crippen LogP contribution is 2.34. The summed E-state index contributed by atoms with van der Waals surface area (Å²) in [5.74, 6) is 2.30. The van der Waals surface area contributed by atoms with E-state index in [1.807, 2.05) is 6.92 Å². The molecule has 18 heavy (non-hydrogen) atoms. The highest BCUT2D eigenvalue weighted by Gasteiger charge is 2.22. The molecule has 4 heteroatoms. The Morgan fingerprint density at radius 3 is 2.61 bits per heavy atom. The molecule has 4 nitrogen and oxygen atoms in total. The summed E-state index contributed by atoms with van der Waals surface area (Å²) in [4.78, 5) is 8.87. The van der Waals surface area contributed by atoms with Crippen molar-refractivity contribution >= 4 is 16.9 Å². The molecule has 1 aliphatic carbocycles. The van der Waals surface area contributed by atoms with Gasteiger partial charge >= 0.3 is 0 Å². The lowest BCUT2D eigenvalue weighted by atomic mass is 10.2. The van der Waals surface area contributed by atoms with Gasteiger partial charge in [-0.25, -0.2) is 9.97 Å². The molecule has 0 atom stereocenters. The number of fused-ring (bicyclic) bond motifs is 1. The number of nitrogen functional groups attached to an aromatic ring is 1. The van der Waals surface area contributed by atoms with E-state index in [1.165, 1.54) is 30.5 Å². The van der Waals surface area contributed by atoms with Crippen LogP contribution < -0.4 is 5.73 Å². The lowest BCUT2D eigenvalue weighted by Gasteiger charge is -2.07. The van der Waals surface area contributed by atoms with Crippen LogP contribution in [0, 0.1) is 26.7 Å². The molecule has 0 aromatic carbocycles. The molecular weight excluding hydrogens is 224 g/mol. The van der Waals surface area contributed by atoms with Crippen LogP contribution in [0.1, 0.15) is 36.3 Å². The van der Waals surface area contributed by atoms with Crippen LogP contribution in [-0.2, 0) is 6.54 Å². The van der Waals surface area contributed by atoms with Gasteiger partial charge in [0.2, 0.25) is 0 Å². The third kappa shape index (κ3) is 1.76. The molecule has 0 bridgehead atoms. The van der Waals surface area contributed by atoms with Gasteiger partial charge in [-0.2, -0.15) is 0 Å². The Labute approximate surface area is 107 Å². The molecule has 2 aromatic heterocycles. The second-order valence-corrected chi connectivity index (χ2v) is 5.45. The molecule has 0 aliphatic heterocycles. The first-order valence-corrected chi connectivity index (χ1v) is 6.67. The van der Waals surface area contributed by atoms with Crippen molar-refractivity contribution in [2.45, 2.75) is 46.6 Å². The molecule has 0 radical (unpaired) electrons. The minimum Gasteiger partial charge on any atom is -0.383 e. The molecule has 1 fully saturated rings. The summed E-state index contributed by atoms with van der Waals surface area (Å²) in [7, 11) is 0. The van der Waals surface area contributed by atoms with Gasteiger partial charge in [0.1, 0.15) is 17.3 Å². The number of aromatic nitrogens is 3. The molecule has 3 rings (SSSR count). The Morgan fingerprint density at radius 1 is 1.22 bits per heavy atom. The second-order valence-electron chi connectivity index (χ2n) is 5.45. The summed E-state index contributed by atoms with van der Waals surface area (Å²) in [6, 6.07) is 0. The smallest absolute Gasteiger partial charge is 0.146 e. The first kappa shape index (κ1) is 11.5. The van der Waals surface area contributed by atoms with Crippen LogP contribution in [0.2, 0.25) is 0 Å². The van der Waals surface area contributed by atoms with Crippen LogP contribution >= 0.6 is 0 Å². The summed E-state index contributed by atoms with van der Waals surface area (Å²) < 4.78 is 2.31. The molecule has 2 N–H and O–H groups in total. The van der Waals surface area contributed by atoms with E-state index in [0.29, 0.717) is 5.82 Å². The van der Waals surface area contributed by atoms with Gasteiger partial charge < -0.3 is 10.3 Å². The van der Waals surface area contributed by atoms with Crippen molar-refractivity contribution < 1.29 is 0 Å². The third-order valence-electron chi connectivity index (χ3n) is 4.07. The van der Waals surface area contributed by atoms with Gasteiger partial charge in [-0.3, -0.25) is 0 Å². The maximum atomic E-state index is 6.04. The predicted molar refractivity (Wildman–Crippen MR) is 73.5 cm³/mol. The Morgan fingerprint density at radius 2 is 1.94 bits per heavy atom. The summed E-state index contributed by atoms with van der Waals surface area (Å²) in [6.45, 7) is 7.22. The molecule has 0 spiro atoms. The van der Waals surface area contributed by atoms with Gasteiger partial charge in [0.25, 0.3) is 0 Å². The molecule has 1 saturated carbocycles. The van der Waals surface area contributed by atoms with Crippen molar-refractivity contribution in [1.29, 1.82) is 0 Å².